The maximum atomic E-state index is 5.85. The lowest BCUT2D eigenvalue weighted by Gasteiger charge is -2.17. The van der Waals surface area contributed by atoms with Crippen molar-refractivity contribution < 1.29 is 9.15 Å². The van der Waals surface area contributed by atoms with Gasteiger partial charge in [-0.25, -0.2) is 0 Å². The molecule has 0 fully saturated rings. The number of furan rings is 1. The molecule has 102 valence electrons. The average molecular weight is 259 g/mol. The van der Waals surface area contributed by atoms with Gasteiger partial charge in [0.2, 0.25) is 0 Å². The van der Waals surface area contributed by atoms with Crippen molar-refractivity contribution in [1.82, 2.24) is 5.32 Å². The van der Waals surface area contributed by atoms with Gasteiger partial charge < -0.3 is 14.5 Å². The number of hydrogen-bond donors (Lipinski definition) is 1. The zero-order valence-corrected chi connectivity index (χ0v) is 11.6. The molecule has 1 aromatic heterocycles. The van der Waals surface area contributed by atoms with Gasteiger partial charge in [0.15, 0.2) is 0 Å². The molecule has 1 heterocycles. The molecule has 0 aliphatic heterocycles. The summed E-state index contributed by atoms with van der Waals surface area (Å²) in [6.45, 7) is 5.79. The first-order valence-electron chi connectivity index (χ1n) is 6.78. The molecule has 1 aromatic carbocycles. The summed E-state index contributed by atoms with van der Waals surface area (Å²) in [5.41, 5.74) is 1.18. The number of ether oxygens (including phenoxy) is 1. The van der Waals surface area contributed by atoms with Crippen LogP contribution in [-0.4, -0.2) is 6.54 Å². The Morgan fingerprint density at radius 2 is 2.05 bits per heavy atom. The molecule has 3 nitrogen and oxygen atoms in total. The highest BCUT2D eigenvalue weighted by Crippen LogP contribution is 2.25. The van der Waals surface area contributed by atoms with Crippen molar-refractivity contribution in [3.05, 3.63) is 54.0 Å². The first-order chi connectivity index (χ1) is 9.31. The summed E-state index contributed by atoms with van der Waals surface area (Å²) in [5.74, 6) is 1.75. The van der Waals surface area contributed by atoms with Crippen LogP contribution in [-0.2, 0) is 6.61 Å². The van der Waals surface area contributed by atoms with Crippen molar-refractivity contribution in [1.29, 1.82) is 0 Å². The van der Waals surface area contributed by atoms with Crippen molar-refractivity contribution >= 4 is 0 Å². The van der Waals surface area contributed by atoms with Crippen molar-refractivity contribution in [3.63, 3.8) is 0 Å². The first kappa shape index (κ1) is 13.7. The Hall–Kier alpha value is -1.74. The average Bonchev–Trinajstić information content (AvgIpc) is 2.96. The zero-order valence-electron chi connectivity index (χ0n) is 11.6. The molecule has 0 saturated carbocycles. The third-order valence-corrected chi connectivity index (χ3v) is 3.04. The van der Waals surface area contributed by atoms with Gasteiger partial charge in [0, 0.05) is 11.6 Å². The van der Waals surface area contributed by atoms with Crippen LogP contribution in [0.1, 0.15) is 37.6 Å². The lowest BCUT2D eigenvalue weighted by molar-refractivity contribution is 0.265. The number of rotatable bonds is 7. The summed E-state index contributed by atoms with van der Waals surface area (Å²) in [4.78, 5) is 0. The number of para-hydroxylation sites is 1. The van der Waals surface area contributed by atoms with Crippen LogP contribution < -0.4 is 10.1 Å². The van der Waals surface area contributed by atoms with E-state index in [0.717, 1.165) is 24.5 Å². The molecule has 0 saturated heterocycles. The molecule has 1 unspecified atom stereocenters. The first-order valence-corrected chi connectivity index (χ1v) is 6.78. The Bertz CT molecular complexity index is 479. The maximum absolute atomic E-state index is 5.85. The standard InChI is InChI=1S/C16H21NO2/c1-3-10-17-13(2)15-8-4-5-9-16(15)19-12-14-7-6-11-18-14/h4-9,11,13,17H,3,10,12H2,1-2H3. The maximum Gasteiger partial charge on any atom is 0.146 e. The van der Waals surface area contributed by atoms with Gasteiger partial charge in [0.1, 0.15) is 18.1 Å². The summed E-state index contributed by atoms with van der Waals surface area (Å²) >= 11 is 0. The van der Waals surface area contributed by atoms with Crippen LogP contribution in [0, 0.1) is 0 Å². The minimum atomic E-state index is 0.285. The summed E-state index contributed by atoms with van der Waals surface area (Å²) in [5, 5.41) is 3.48. The predicted molar refractivity (Wildman–Crippen MR) is 76.2 cm³/mol. The van der Waals surface area contributed by atoms with Crippen LogP contribution in [0.4, 0.5) is 0 Å². The molecule has 3 heteroatoms. The highest BCUT2D eigenvalue weighted by atomic mass is 16.5. The van der Waals surface area contributed by atoms with Gasteiger partial charge in [-0.1, -0.05) is 25.1 Å². The van der Waals surface area contributed by atoms with E-state index in [0.29, 0.717) is 6.61 Å². The molecule has 2 aromatic rings. The molecule has 0 amide bonds. The van der Waals surface area contributed by atoms with Crippen LogP contribution >= 0.6 is 0 Å². The van der Waals surface area contributed by atoms with E-state index < -0.39 is 0 Å². The molecule has 1 atom stereocenters. The Morgan fingerprint density at radius 1 is 1.21 bits per heavy atom. The predicted octanol–water partition coefficient (Wildman–Crippen LogP) is 3.92. The van der Waals surface area contributed by atoms with Crippen LogP contribution in [0.15, 0.2) is 47.1 Å². The smallest absolute Gasteiger partial charge is 0.146 e. The fraction of sp³-hybridized carbons (Fsp3) is 0.375. The molecule has 19 heavy (non-hydrogen) atoms. The molecule has 2 rings (SSSR count). The number of nitrogens with one attached hydrogen (secondary N) is 1. The van der Waals surface area contributed by atoms with E-state index in [1.165, 1.54) is 5.56 Å². The van der Waals surface area contributed by atoms with Gasteiger partial charge in [0.05, 0.1) is 6.26 Å². The third kappa shape index (κ3) is 3.86. The largest absolute Gasteiger partial charge is 0.485 e. The molecule has 0 bridgehead atoms. The molecule has 0 radical (unpaired) electrons. The normalized spacial score (nSPS) is 12.3. The van der Waals surface area contributed by atoms with Gasteiger partial charge in [-0.2, -0.15) is 0 Å². The second-order valence-electron chi connectivity index (χ2n) is 4.58. The Morgan fingerprint density at radius 3 is 2.79 bits per heavy atom. The fourth-order valence-electron chi connectivity index (χ4n) is 1.98. The highest BCUT2D eigenvalue weighted by molar-refractivity contribution is 5.35. The summed E-state index contributed by atoms with van der Waals surface area (Å²) in [6, 6.07) is 12.2. The Kier molecular flexibility index (Phi) is 5.04. The van der Waals surface area contributed by atoms with E-state index in [9.17, 15) is 0 Å². The van der Waals surface area contributed by atoms with E-state index in [-0.39, 0.29) is 6.04 Å². The van der Waals surface area contributed by atoms with E-state index in [1.54, 1.807) is 6.26 Å². The minimum Gasteiger partial charge on any atom is -0.485 e. The summed E-state index contributed by atoms with van der Waals surface area (Å²) in [7, 11) is 0. The third-order valence-electron chi connectivity index (χ3n) is 3.04. The van der Waals surface area contributed by atoms with E-state index in [4.69, 9.17) is 9.15 Å². The monoisotopic (exact) mass is 259 g/mol. The zero-order chi connectivity index (χ0) is 13.5. The lowest BCUT2D eigenvalue weighted by atomic mass is 10.1. The SMILES string of the molecule is CCCNC(C)c1ccccc1OCc1ccco1. The van der Waals surface area contributed by atoms with Crippen molar-refractivity contribution in [2.75, 3.05) is 6.54 Å². The van der Waals surface area contributed by atoms with Gasteiger partial charge in [-0.3, -0.25) is 0 Å². The van der Waals surface area contributed by atoms with E-state index in [2.05, 4.69) is 25.2 Å². The van der Waals surface area contributed by atoms with Crippen molar-refractivity contribution in [3.8, 4) is 5.75 Å². The van der Waals surface area contributed by atoms with Crippen molar-refractivity contribution in [2.24, 2.45) is 0 Å². The molecule has 0 spiro atoms. The second kappa shape index (κ2) is 7.00. The Balaban J connectivity index is 2.03. The summed E-state index contributed by atoms with van der Waals surface area (Å²) < 4.78 is 11.1. The van der Waals surface area contributed by atoms with Crippen molar-refractivity contribution in [2.45, 2.75) is 32.9 Å². The van der Waals surface area contributed by atoms with Gasteiger partial charge >= 0.3 is 0 Å². The summed E-state index contributed by atoms with van der Waals surface area (Å²) in [6.07, 6.45) is 2.79. The quantitative estimate of drug-likeness (QED) is 0.818. The number of benzene rings is 1. The van der Waals surface area contributed by atoms with Gasteiger partial charge in [-0.15, -0.1) is 0 Å². The topological polar surface area (TPSA) is 34.4 Å². The molecular formula is C16H21NO2. The van der Waals surface area contributed by atoms with E-state index in [1.807, 2.05) is 30.3 Å². The molecule has 0 aliphatic carbocycles. The van der Waals surface area contributed by atoms with Gasteiger partial charge in [0.25, 0.3) is 0 Å². The van der Waals surface area contributed by atoms with Crippen LogP contribution in [0.3, 0.4) is 0 Å². The van der Waals surface area contributed by atoms with Crippen LogP contribution in [0.5, 0.6) is 5.75 Å². The lowest BCUT2D eigenvalue weighted by Crippen LogP contribution is -2.19. The molecule has 1 N–H and O–H groups in total. The minimum absolute atomic E-state index is 0.285. The Labute approximate surface area is 114 Å². The highest BCUT2D eigenvalue weighted by Gasteiger charge is 2.10. The molecule has 0 aliphatic rings. The van der Waals surface area contributed by atoms with E-state index >= 15 is 0 Å². The number of hydrogen-bond acceptors (Lipinski definition) is 3. The second-order valence-corrected chi connectivity index (χ2v) is 4.58. The van der Waals surface area contributed by atoms with Crippen LogP contribution in [0.25, 0.3) is 0 Å². The van der Waals surface area contributed by atoms with Gasteiger partial charge in [-0.05, 0) is 38.1 Å². The van der Waals surface area contributed by atoms with Crippen LogP contribution in [0.2, 0.25) is 0 Å². The molecular weight excluding hydrogens is 238 g/mol. The fourth-order valence-corrected chi connectivity index (χ4v) is 1.98.